The Hall–Kier alpha value is -2.02. The molecule has 21 heavy (non-hydrogen) atoms. The number of nitrogens with zero attached hydrogens (tertiary/aromatic N) is 1. The molecule has 2 heterocycles. The summed E-state index contributed by atoms with van der Waals surface area (Å²) in [4.78, 5) is 4.37. The maximum Gasteiger partial charge on any atom is 0.132 e. The summed E-state index contributed by atoms with van der Waals surface area (Å²) in [7, 11) is 1.50. The zero-order valence-corrected chi connectivity index (χ0v) is 12.2. The summed E-state index contributed by atoms with van der Waals surface area (Å²) < 4.78 is 20.3. The Labute approximate surface area is 125 Å². The molecular weight excluding hydrogens is 289 g/mol. The van der Waals surface area contributed by atoms with Crippen molar-refractivity contribution in [3.8, 4) is 5.75 Å². The molecule has 0 aliphatic rings. The van der Waals surface area contributed by atoms with Crippen molar-refractivity contribution in [2.45, 2.75) is 6.04 Å². The maximum absolute atomic E-state index is 14.2. The van der Waals surface area contributed by atoms with E-state index in [4.69, 9.17) is 10.6 Å². The lowest BCUT2D eigenvalue weighted by atomic mass is 10.00. The van der Waals surface area contributed by atoms with Gasteiger partial charge in [-0.1, -0.05) is 6.07 Å². The molecule has 3 rings (SSSR count). The fourth-order valence-electron chi connectivity index (χ4n) is 2.25. The highest BCUT2D eigenvalue weighted by Gasteiger charge is 2.18. The minimum absolute atomic E-state index is 0.372. The molecule has 0 amide bonds. The SMILES string of the molecule is COc1ccc(C(NN)c2cnc3ccsc3c2)c(F)c1. The number of aromatic nitrogens is 1. The summed E-state index contributed by atoms with van der Waals surface area (Å²) in [6, 6.07) is 8.17. The third-order valence-electron chi connectivity index (χ3n) is 3.34. The molecule has 1 atom stereocenters. The first-order valence-corrected chi connectivity index (χ1v) is 7.23. The topological polar surface area (TPSA) is 60.2 Å². The number of hydrazine groups is 1. The lowest BCUT2D eigenvalue weighted by Gasteiger charge is -2.17. The first-order chi connectivity index (χ1) is 10.2. The van der Waals surface area contributed by atoms with Crippen LogP contribution in [0.4, 0.5) is 4.39 Å². The normalized spacial score (nSPS) is 12.5. The second-order valence-electron chi connectivity index (χ2n) is 4.56. The molecule has 0 bridgehead atoms. The predicted octanol–water partition coefficient (Wildman–Crippen LogP) is 3.00. The molecule has 108 valence electrons. The first kappa shape index (κ1) is 13.9. The number of hydrogen-bond acceptors (Lipinski definition) is 5. The van der Waals surface area contributed by atoms with Crippen molar-refractivity contribution in [1.82, 2.24) is 10.4 Å². The Bertz CT molecular complexity index is 774. The van der Waals surface area contributed by atoms with Gasteiger partial charge in [-0.25, -0.2) is 9.82 Å². The van der Waals surface area contributed by atoms with Crippen molar-refractivity contribution in [3.05, 3.63) is 58.9 Å². The van der Waals surface area contributed by atoms with Gasteiger partial charge in [0.25, 0.3) is 0 Å². The predicted molar refractivity (Wildman–Crippen MR) is 81.7 cm³/mol. The van der Waals surface area contributed by atoms with Crippen LogP contribution in [0, 0.1) is 5.82 Å². The van der Waals surface area contributed by atoms with Crippen LogP contribution < -0.4 is 16.0 Å². The van der Waals surface area contributed by atoms with Crippen LogP contribution in [0.5, 0.6) is 5.75 Å². The van der Waals surface area contributed by atoms with Gasteiger partial charge in [-0.3, -0.25) is 10.8 Å². The lowest BCUT2D eigenvalue weighted by molar-refractivity contribution is 0.410. The summed E-state index contributed by atoms with van der Waals surface area (Å²) >= 11 is 1.59. The molecule has 3 N–H and O–H groups in total. The summed E-state index contributed by atoms with van der Waals surface area (Å²) in [6.07, 6.45) is 1.71. The number of nitrogens with one attached hydrogen (secondary N) is 1. The molecule has 0 fully saturated rings. The quantitative estimate of drug-likeness (QED) is 0.574. The van der Waals surface area contributed by atoms with E-state index in [1.807, 2.05) is 17.5 Å². The van der Waals surface area contributed by atoms with E-state index in [0.29, 0.717) is 11.3 Å². The molecule has 0 aliphatic carbocycles. The summed E-state index contributed by atoms with van der Waals surface area (Å²) in [6.45, 7) is 0. The van der Waals surface area contributed by atoms with Crippen molar-refractivity contribution < 1.29 is 9.13 Å². The number of rotatable bonds is 4. The van der Waals surface area contributed by atoms with Crippen molar-refractivity contribution in [2.75, 3.05) is 7.11 Å². The van der Waals surface area contributed by atoms with E-state index in [-0.39, 0.29) is 5.82 Å². The Morgan fingerprint density at radius 2 is 2.19 bits per heavy atom. The molecule has 6 heteroatoms. The van der Waals surface area contributed by atoms with Gasteiger partial charge in [-0.2, -0.15) is 0 Å². The van der Waals surface area contributed by atoms with Gasteiger partial charge >= 0.3 is 0 Å². The molecular formula is C15H14FN3OS. The maximum atomic E-state index is 14.2. The van der Waals surface area contributed by atoms with Gasteiger partial charge in [0.1, 0.15) is 11.6 Å². The van der Waals surface area contributed by atoms with Crippen LogP contribution in [0.3, 0.4) is 0 Å². The number of ether oxygens (including phenoxy) is 1. The van der Waals surface area contributed by atoms with E-state index >= 15 is 0 Å². The van der Waals surface area contributed by atoms with Crippen molar-refractivity contribution in [2.24, 2.45) is 5.84 Å². The van der Waals surface area contributed by atoms with Crippen LogP contribution in [0.15, 0.2) is 41.9 Å². The van der Waals surface area contributed by atoms with Crippen LogP contribution in [-0.2, 0) is 0 Å². The summed E-state index contributed by atoms with van der Waals surface area (Å²) in [5, 5.41) is 1.97. The number of thiophene rings is 1. The van der Waals surface area contributed by atoms with Gasteiger partial charge in [0.2, 0.25) is 0 Å². The number of benzene rings is 1. The molecule has 0 saturated carbocycles. The van der Waals surface area contributed by atoms with E-state index in [1.165, 1.54) is 13.2 Å². The molecule has 1 unspecified atom stereocenters. The van der Waals surface area contributed by atoms with Crippen molar-refractivity contribution in [1.29, 1.82) is 0 Å². The highest BCUT2D eigenvalue weighted by Crippen LogP contribution is 2.29. The number of pyridine rings is 1. The third kappa shape index (κ3) is 2.61. The van der Waals surface area contributed by atoms with E-state index in [9.17, 15) is 4.39 Å². The zero-order valence-electron chi connectivity index (χ0n) is 11.3. The van der Waals surface area contributed by atoms with Gasteiger partial charge in [0.15, 0.2) is 0 Å². The fourth-order valence-corrected chi connectivity index (χ4v) is 3.04. The average Bonchev–Trinajstić information content (AvgIpc) is 2.97. The largest absolute Gasteiger partial charge is 0.497 e. The van der Waals surface area contributed by atoms with E-state index in [2.05, 4.69) is 10.4 Å². The van der Waals surface area contributed by atoms with Gasteiger partial charge in [0.05, 0.1) is 23.4 Å². The number of halogens is 1. The highest BCUT2D eigenvalue weighted by atomic mass is 32.1. The Morgan fingerprint density at radius 1 is 1.33 bits per heavy atom. The van der Waals surface area contributed by atoms with Gasteiger partial charge in [0, 0.05) is 17.8 Å². The molecule has 0 spiro atoms. The lowest BCUT2D eigenvalue weighted by Crippen LogP contribution is -2.29. The molecule has 1 aromatic carbocycles. The third-order valence-corrected chi connectivity index (χ3v) is 4.20. The minimum atomic E-state index is -0.463. The highest BCUT2D eigenvalue weighted by molar-refractivity contribution is 7.17. The molecule has 2 aromatic heterocycles. The van der Waals surface area contributed by atoms with Gasteiger partial charge in [-0.15, -0.1) is 11.3 Å². The minimum Gasteiger partial charge on any atom is -0.497 e. The first-order valence-electron chi connectivity index (χ1n) is 6.35. The Morgan fingerprint density at radius 3 is 2.90 bits per heavy atom. The Balaban J connectivity index is 2.04. The van der Waals surface area contributed by atoms with Crippen LogP contribution in [0.1, 0.15) is 17.2 Å². The monoisotopic (exact) mass is 303 g/mol. The number of hydrogen-bond donors (Lipinski definition) is 2. The number of fused-ring (bicyclic) bond motifs is 1. The Kier molecular flexibility index (Phi) is 3.83. The molecule has 0 radical (unpaired) electrons. The van der Waals surface area contributed by atoms with E-state index in [0.717, 1.165) is 15.8 Å². The standard InChI is InChI=1S/C15H14FN3OS/c1-20-10-2-3-11(12(16)7-10)15(19-17)9-6-14-13(18-8-9)4-5-21-14/h2-8,15,19H,17H2,1H3. The van der Waals surface area contributed by atoms with Gasteiger partial charge in [-0.05, 0) is 29.1 Å². The number of nitrogens with two attached hydrogens (primary N) is 1. The molecule has 0 aliphatic heterocycles. The van der Waals surface area contributed by atoms with E-state index in [1.54, 1.807) is 29.7 Å². The van der Waals surface area contributed by atoms with E-state index < -0.39 is 6.04 Å². The zero-order chi connectivity index (χ0) is 14.8. The number of methoxy groups -OCH3 is 1. The summed E-state index contributed by atoms with van der Waals surface area (Å²) in [5.74, 6) is 5.72. The second-order valence-corrected chi connectivity index (χ2v) is 5.51. The molecule has 3 aromatic rings. The van der Waals surface area contributed by atoms with Crippen LogP contribution in [-0.4, -0.2) is 12.1 Å². The van der Waals surface area contributed by atoms with Crippen molar-refractivity contribution >= 4 is 21.6 Å². The van der Waals surface area contributed by atoms with Crippen LogP contribution >= 0.6 is 11.3 Å². The molecule has 4 nitrogen and oxygen atoms in total. The average molecular weight is 303 g/mol. The second kappa shape index (κ2) is 5.77. The van der Waals surface area contributed by atoms with Gasteiger partial charge < -0.3 is 4.74 Å². The fraction of sp³-hybridized carbons (Fsp3) is 0.133. The van der Waals surface area contributed by atoms with Crippen molar-refractivity contribution in [3.63, 3.8) is 0 Å². The molecule has 0 saturated heterocycles. The van der Waals surface area contributed by atoms with Crippen LogP contribution in [0.25, 0.3) is 10.2 Å². The smallest absolute Gasteiger partial charge is 0.132 e. The summed E-state index contributed by atoms with van der Waals surface area (Å²) in [5.41, 5.74) is 4.85. The van der Waals surface area contributed by atoms with Crippen LogP contribution in [0.2, 0.25) is 0 Å².